The van der Waals surface area contributed by atoms with Gasteiger partial charge in [-0.2, -0.15) is 0 Å². The number of ether oxygens (including phenoxy) is 3. The molecule has 0 rings (SSSR count). The average Bonchev–Trinajstić information content (AvgIpc) is 3.21. The summed E-state index contributed by atoms with van der Waals surface area (Å²) in [6, 6.07) is 0. The number of carbonyl (C=O) groups excluding carboxylic acids is 3. The highest BCUT2D eigenvalue weighted by Gasteiger charge is 2.19. The topological polar surface area (TPSA) is 78.9 Å². The van der Waals surface area contributed by atoms with Crippen LogP contribution >= 0.6 is 0 Å². The lowest BCUT2D eigenvalue weighted by Gasteiger charge is -2.18. The molecule has 0 spiro atoms. The van der Waals surface area contributed by atoms with Gasteiger partial charge in [0.15, 0.2) is 6.10 Å². The summed E-state index contributed by atoms with van der Waals surface area (Å²) in [5, 5.41) is 0. The Balaban J connectivity index is 4.26. The third-order valence-corrected chi connectivity index (χ3v) is 11.6. The molecule has 6 heteroatoms. The van der Waals surface area contributed by atoms with Gasteiger partial charge in [-0.05, 0) is 19.3 Å². The standard InChI is InChI=1S/C51H98O6/c1-4-7-10-13-16-19-21-23-25-26-28-30-33-36-39-42-45-51(54)57-48(46-55-49(52)43-40-37-34-31-18-15-12-9-6-3)47-56-50(53)44-41-38-35-32-29-27-24-22-20-17-14-11-8-5-2/h48H,4-47H2,1-3H3/t48-/m0/s1. The third kappa shape index (κ3) is 45.3. The van der Waals surface area contributed by atoms with Crippen LogP contribution in [0.4, 0.5) is 0 Å². The van der Waals surface area contributed by atoms with Crippen LogP contribution in [0.25, 0.3) is 0 Å². The van der Waals surface area contributed by atoms with Crippen molar-refractivity contribution in [1.29, 1.82) is 0 Å². The fraction of sp³-hybridized carbons (Fsp3) is 0.941. The largest absolute Gasteiger partial charge is 0.462 e. The van der Waals surface area contributed by atoms with Gasteiger partial charge in [0.05, 0.1) is 0 Å². The Morgan fingerprint density at radius 2 is 0.474 bits per heavy atom. The normalized spacial score (nSPS) is 11.8. The maximum Gasteiger partial charge on any atom is 0.306 e. The summed E-state index contributed by atoms with van der Waals surface area (Å²) in [4.78, 5) is 37.8. The first kappa shape index (κ1) is 55.4. The van der Waals surface area contributed by atoms with Gasteiger partial charge < -0.3 is 14.2 Å². The van der Waals surface area contributed by atoms with Crippen LogP contribution in [0.5, 0.6) is 0 Å². The van der Waals surface area contributed by atoms with E-state index in [-0.39, 0.29) is 31.1 Å². The summed E-state index contributed by atoms with van der Waals surface area (Å²) < 4.78 is 16.8. The second kappa shape index (κ2) is 47.1. The summed E-state index contributed by atoms with van der Waals surface area (Å²) in [6.45, 7) is 6.66. The van der Waals surface area contributed by atoms with Gasteiger partial charge in [-0.3, -0.25) is 14.4 Å². The summed E-state index contributed by atoms with van der Waals surface area (Å²) in [7, 11) is 0. The Morgan fingerprint density at radius 3 is 0.702 bits per heavy atom. The smallest absolute Gasteiger partial charge is 0.306 e. The first-order chi connectivity index (χ1) is 28.0. The molecule has 0 aliphatic carbocycles. The van der Waals surface area contributed by atoms with Gasteiger partial charge in [0, 0.05) is 19.3 Å². The van der Waals surface area contributed by atoms with Gasteiger partial charge >= 0.3 is 17.9 Å². The fourth-order valence-electron chi connectivity index (χ4n) is 7.74. The van der Waals surface area contributed by atoms with Crippen molar-refractivity contribution in [3.8, 4) is 0 Å². The van der Waals surface area contributed by atoms with E-state index in [9.17, 15) is 14.4 Å². The zero-order valence-electron chi connectivity index (χ0n) is 38.6. The number of hydrogen-bond acceptors (Lipinski definition) is 6. The molecule has 0 aliphatic rings. The molecule has 0 saturated heterocycles. The van der Waals surface area contributed by atoms with Crippen LogP contribution in [0.1, 0.15) is 290 Å². The molecule has 0 heterocycles. The lowest BCUT2D eigenvalue weighted by atomic mass is 10.0. The minimum absolute atomic E-state index is 0.0621. The van der Waals surface area contributed by atoms with Crippen molar-refractivity contribution < 1.29 is 28.6 Å². The molecule has 0 bridgehead atoms. The first-order valence-electron chi connectivity index (χ1n) is 25.5. The van der Waals surface area contributed by atoms with Gasteiger partial charge in [0.2, 0.25) is 0 Å². The van der Waals surface area contributed by atoms with Crippen molar-refractivity contribution in [1.82, 2.24) is 0 Å². The van der Waals surface area contributed by atoms with E-state index in [1.165, 1.54) is 193 Å². The average molecular weight is 807 g/mol. The third-order valence-electron chi connectivity index (χ3n) is 11.6. The maximum absolute atomic E-state index is 12.8. The Kier molecular flexibility index (Phi) is 45.8. The van der Waals surface area contributed by atoms with E-state index in [1.54, 1.807) is 0 Å². The molecule has 0 aliphatic heterocycles. The molecule has 0 fully saturated rings. The van der Waals surface area contributed by atoms with Crippen LogP contribution < -0.4 is 0 Å². The number of hydrogen-bond donors (Lipinski definition) is 0. The molecule has 0 amide bonds. The van der Waals surface area contributed by atoms with E-state index in [0.29, 0.717) is 19.3 Å². The summed E-state index contributed by atoms with van der Waals surface area (Å²) in [5.41, 5.74) is 0. The lowest BCUT2D eigenvalue weighted by Crippen LogP contribution is -2.30. The highest BCUT2D eigenvalue weighted by molar-refractivity contribution is 5.71. The Bertz CT molecular complexity index is 844. The molecular weight excluding hydrogens is 709 g/mol. The monoisotopic (exact) mass is 807 g/mol. The minimum atomic E-state index is -0.758. The highest BCUT2D eigenvalue weighted by Crippen LogP contribution is 2.17. The van der Waals surface area contributed by atoms with Crippen molar-refractivity contribution in [3.63, 3.8) is 0 Å². The number of rotatable bonds is 47. The molecule has 6 nitrogen and oxygen atoms in total. The number of unbranched alkanes of at least 4 members (excludes halogenated alkanes) is 36. The predicted molar refractivity (Wildman–Crippen MR) is 243 cm³/mol. The Morgan fingerprint density at radius 1 is 0.281 bits per heavy atom. The first-order valence-corrected chi connectivity index (χ1v) is 25.5. The van der Waals surface area contributed by atoms with E-state index < -0.39 is 6.10 Å². The summed E-state index contributed by atoms with van der Waals surface area (Å²) in [5.74, 6) is -0.845. The van der Waals surface area contributed by atoms with Crippen molar-refractivity contribution >= 4 is 17.9 Å². The molecular formula is C51H98O6. The van der Waals surface area contributed by atoms with Crippen molar-refractivity contribution in [2.75, 3.05) is 13.2 Å². The van der Waals surface area contributed by atoms with E-state index in [1.807, 2.05) is 0 Å². The fourth-order valence-corrected chi connectivity index (χ4v) is 7.74. The zero-order chi connectivity index (χ0) is 41.5. The van der Waals surface area contributed by atoms with Crippen LogP contribution in [0.3, 0.4) is 0 Å². The van der Waals surface area contributed by atoms with Crippen molar-refractivity contribution in [2.24, 2.45) is 0 Å². The molecule has 338 valence electrons. The zero-order valence-corrected chi connectivity index (χ0v) is 38.6. The molecule has 0 aromatic carbocycles. The molecule has 0 unspecified atom stereocenters. The number of carbonyl (C=O) groups is 3. The van der Waals surface area contributed by atoms with Crippen LogP contribution in [0, 0.1) is 0 Å². The highest BCUT2D eigenvalue weighted by atomic mass is 16.6. The molecule has 57 heavy (non-hydrogen) atoms. The summed E-state index contributed by atoms with van der Waals surface area (Å²) in [6.07, 6.45) is 49.4. The van der Waals surface area contributed by atoms with Crippen LogP contribution in [-0.4, -0.2) is 37.2 Å². The minimum Gasteiger partial charge on any atom is -0.462 e. The molecule has 0 radical (unpaired) electrons. The molecule has 0 aromatic rings. The molecule has 1 atom stereocenters. The SMILES string of the molecule is CCCCCCCCCCCCCCCCCCC(=O)O[C@@H](COC(=O)CCCCCCCCCCC)COC(=O)CCCCCCCCCCCCCCCC. The van der Waals surface area contributed by atoms with E-state index in [2.05, 4.69) is 20.8 Å². The van der Waals surface area contributed by atoms with Crippen molar-refractivity contribution in [3.05, 3.63) is 0 Å². The van der Waals surface area contributed by atoms with Gasteiger partial charge in [0.1, 0.15) is 13.2 Å². The van der Waals surface area contributed by atoms with Gasteiger partial charge in [-0.1, -0.05) is 252 Å². The van der Waals surface area contributed by atoms with E-state index in [0.717, 1.165) is 57.8 Å². The van der Waals surface area contributed by atoms with Gasteiger partial charge in [-0.25, -0.2) is 0 Å². The summed E-state index contributed by atoms with van der Waals surface area (Å²) >= 11 is 0. The van der Waals surface area contributed by atoms with Gasteiger partial charge in [0.25, 0.3) is 0 Å². The van der Waals surface area contributed by atoms with Gasteiger partial charge in [-0.15, -0.1) is 0 Å². The second-order valence-corrected chi connectivity index (χ2v) is 17.5. The van der Waals surface area contributed by atoms with Crippen LogP contribution in [0.15, 0.2) is 0 Å². The predicted octanol–water partition coefficient (Wildman–Crippen LogP) is 16.4. The van der Waals surface area contributed by atoms with E-state index >= 15 is 0 Å². The Hall–Kier alpha value is -1.59. The molecule has 0 N–H and O–H groups in total. The quantitative estimate of drug-likeness (QED) is 0.0346. The second-order valence-electron chi connectivity index (χ2n) is 17.5. The van der Waals surface area contributed by atoms with Crippen molar-refractivity contribution in [2.45, 2.75) is 297 Å². The molecule has 0 saturated carbocycles. The lowest BCUT2D eigenvalue weighted by molar-refractivity contribution is -0.167. The maximum atomic E-state index is 12.8. The Labute approximate surface area is 355 Å². The van der Waals surface area contributed by atoms with E-state index in [4.69, 9.17) is 14.2 Å². The number of esters is 3. The van der Waals surface area contributed by atoms with Crippen LogP contribution in [-0.2, 0) is 28.6 Å². The molecule has 0 aromatic heterocycles. The van der Waals surface area contributed by atoms with Crippen LogP contribution in [0.2, 0.25) is 0 Å².